The first-order valence-corrected chi connectivity index (χ1v) is 16.5. The number of ether oxygens (including phenoxy) is 1. The number of alkyl halides is 6. The van der Waals surface area contributed by atoms with Gasteiger partial charge in [0.1, 0.15) is 29.4 Å². The molecule has 53 heavy (non-hydrogen) atoms. The van der Waals surface area contributed by atoms with Crippen LogP contribution < -0.4 is 9.64 Å². The largest absolute Gasteiger partial charge is 0.508 e. The van der Waals surface area contributed by atoms with Gasteiger partial charge >= 0.3 is 30.3 Å². The molecule has 3 atom stereocenters. The van der Waals surface area contributed by atoms with Crippen LogP contribution in [0.5, 0.6) is 11.8 Å². The zero-order chi connectivity index (χ0) is 38.9. The third-order valence-corrected chi connectivity index (χ3v) is 9.59. The number of phenolic OH excluding ortho intramolecular Hbond substituents is 1. The summed E-state index contributed by atoms with van der Waals surface area (Å²) in [5.74, 6) is -4.66. The van der Waals surface area contributed by atoms with Crippen molar-refractivity contribution in [2.45, 2.75) is 57.4 Å². The lowest BCUT2D eigenvalue weighted by Gasteiger charge is -2.39. The molecular formula is C35H36F7N5O6. The number of aromatic hydroxyl groups is 1. The standard InChI is InChI=1S/C31H34FN5O2.2C2HF3O2/c1-31-10-9-19(14-31)16-37(18-31)29-25-15-33-27(24-13-22(38)12-20-6-3-4-8-23(20)24)26(32)28(25)34-30(35-29)39-17-21-7-5-11-36(21)2;2*3-2(4,5)1(6)7/h3-4,6,8,12-13,15,19,21,38H,5,7,9-11,14,16-18H2,1-2H3;2*(H,6,7)/t19?,21-,31?;;/m0../s1. The minimum atomic E-state index is -5.08. The monoisotopic (exact) mass is 755 g/mol. The molecule has 0 spiro atoms. The molecule has 2 aromatic carbocycles. The number of piperidine rings is 1. The number of pyridine rings is 1. The van der Waals surface area contributed by atoms with Gasteiger partial charge < -0.3 is 29.9 Å². The molecule has 2 aliphatic heterocycles. The molecule has 4 heterocycles. The molecule has 3 N–H and O–H groups in total. The van der Waals surface area contributed by atoms with Gasteiger partial charge in [-0.1, -0.05) is 31.2 Å². The van der Waals surface area contributed by atoms with Crippen molar-refractivity contribution in [1.82, 2.24) is 19.9 Å². The van der Waals surface area contributed by atoms with Gasteiger partial charge in [-0.15, -0.1) is 0 Å². The summed E-state index contributed by atoms with van der Waals surface area (Å²) in [6.07, 6.45) is -2.62. The smallest absolute Gasteiger partial charge is 0.490 e. The fourth-order valence-electron chi connectivity index (χ4n) is 7.12. The van der Waals surface area contributed by atoms with E-state index in [0.29, 0.717) is 35.3 Å². The van der Waals surface area contributed by atoms with Crippen LogP contribution in [-0.2, 0) is 9.59 Å². The molecule has 3 aliphatic rings. The van der Waals surface area contributed by atoms with Crippen LogP contribution in [0, 0.1) is 17.2 Å². The molecule has 2 bridgehead atoms. The Morgan fingerprint density at radius 3 is 2.26 bits per heavy atom. The van der Waals surface area contributed by atoms with Gasteiger partial charge in [0.2, 0.25) is 0 Å². The molecule has 4 aromatic rings. The van der Waals surface area contributed by atoms with Crippen molar-refractivity contribution in [2.75, 3.05) is 38.2 Å². The minimum Gasteiger partial charge on any atom is -0.508 e. The maximum atomic E-state index is 16.5. The fourth-order valence-corrected chi connectivity index (χ4v) is 7.12. The number of halogens is 7. The molecule has 2 unspecified atom stereocenters. The number of benzene rings is 2. The highest BCUT2D eigenvalue weighted by Gasteiger charge is 2.43. The molecule has 3 fully saturated rings. The van der Waals surface area contributed by atoms with E-state index < -0.39 is 30.1 Å². The number of aromatic nitrogens is 3. The number of carboxylic acids is 2. The van der Waals surface area contributed by atoms with Crippen molar-refractivity contribution in [1.29, 1.82) is 0 Å². The third kappa shape index (κ3) is 9.15. The zero-order valence-corrected chi connectivity index (χ0v) is 28.5. The van der Waals surface area contributed by atoms with Gasteiger partial charge in [0.25, 0.3) is 0 Å². The molecule has 2 aromatic heterocycles. The first-order valence-electron chi connectivity index (χ1n) is 16.5. The number of carbonyl (C=O) groups is 2. The van der Waals surface area contributed by atoms with Crippen molar-refractivity contribution in [3.63, 3.8) is 0 Å². The molecule has 1 aliphatic carbocycles. The van der Waals surface area contributed by atoms with Gasteiger partial charge in [-0.3, -0.25) is 4.98 Å². The highest BCUT2D eigenvalue weighted by atomic mass is 19.4. The molecular weight excluding hydrogens is 719 g/mol. The van der Waals surface area contributed by atoms with Gasteiger partial charge in [0.15, 0.2) is 5.82 Å². The Bertz CT molecular complexity index is 1970. The van der Waals surface area contributed by atoms with Crippen LogP contribution in [0.4, 0.5) is 36.6 Å². The van der Waals surface area contributed by atoms with Crippen molar-refractivity contribution in [3.8, 4) is 23.0 Å². The summed E-state index contributed by atoms with van der Waals surface area (Å²) >= 11 is 0. The van der Waals surface area contributed by atoms with Gasteiger partial charge in [0.05, 0.1) is 5.39 Å². The fraction of sp³-hybridized carbons (Fsp3) is 0.457. The average molecular weight is 756 g/mol. The summed E-state index contributed by atoms with van der Waals surface area (Å²) in [4.78, 5) is 36.5. The topological polar surface area (TPSA) is 149 Å². The van der Waals surface area contributed by atoms with E-state index in [1.54, 1.807) is 18.3 Å². The lowest BCUT2D eigenvalue weighted by molar-refractivity contribution is -0.193. The number of likely N-dealkylation sites (tertiary alicyclic amines) is 1. The number of phenols is 1. The summed E-state index contributed by atoms with van der Waals surface area (Å²) in [7, 11) is 2.11. The van der Waals surface area contributed by atoms with Crippen LogP contribution in [0.25, 0.3) is 32.9 Å². The average Bonchev–Trinajstić information content (AvgIpc) is 3.62. The van der Waals surface area contributed by atoms with Crippen molar-refractivity contribution in [3.05, 3.63) is 48.4 Å². The van der Waals surface area contributed by atoms with Gasteiger partial charge in [-0.25, -0.2) is 14.0 Å². The summed E-state index contributed by atoms with van der Waals surface area (Å²) < 4.78 is 86.1. The van der Waals surface area contributed by atoms with Crippen molar-refractivity contribution in [2.24, 2.45) is 11.3 Å². The molecule has 286 valence electrons. The number of hydrogen-bond donors (Lipinski definition) is 3. The van der Waals surface area contributed by atoms with E-state index in [2.05, 4.69) is 33.7 Å². The van der Waals surface area contributed by atoms with Crippen LogP contribution in [0.1, 0.15) is 39.0 Å². The zero-order valence-electron chi connectivity index (χ0n) is 28.5. The first kappa shape index (κ1) is 39.2. The van der Waals surface area contributed by atoms with E-state index in [1.165, 1.54) is 19.3 Å². The molecule has 1 saturated carbocycles. The Kier molecular flexibility index (Phi) is 11.2. The van der Waals surface area contributed by atoms with Crippen LogP contribution in [0.2, 0.25) is 0 Å². The van der Waals surface area contributed by atoms with E-state index in [-0.39, 0.29) is 28.4 Å². The van der Waals surface area contributed by atoms with E-state index >= 15 is 4.39 Å². The number of likely N-dealkylation sites (N-methyl/N-ethyl adjacent to an activating group) is 1. The minimum absolute atomic E-state index is 0.0649. The number of carboxylic acid groups (broad SMARTS) is 2. The number of nitrogens with zero attached hydrogens (tertiary/aromatic N) is 5. The van der Waals surface area contributed by atoms with Gasteiger partial charge in [-0.05, 0) is 79.9 Å². The number of hydrogen-bond acceptors (Lipinski definition) is 9. The van der Waals surface area contributed by atoms with Gasteiger partial charge in [0, 0.05) is 30.9 Å². The normalized spacial score (nSPS) is 21.5. The van der Waals surface area contributed by atoms with Crippen LogP contribution in [-0.4, -0.2) is 98.8 Å². The molecule has 18 heteroatoms. The predicted octanol–water partition coefficient (Wildman–Crippen LogP) is 7.06. The Morgan fingerprint density at radius 2 is 1.66 bits per heavy atom. The molecule has 7 rings (SSSR count). The number of aliphatic carboxylic acids is 2. The summed E-state index contributed by atoms with van der Waals surface area (Å²) in [5.41, 5.74) is 1.13. The Morgan fingerprint density at radius 1 is 1.00 bits per heavy atom. The van der Waals surface area contributed by atoms with Gasteiger partial charge in [-0.2, -0.15) is 36.3 Å². The summed E-state index contributed by atoms with van der Waals surface area (Å²) in [6.45, 7) is 5.64. The third-order valence-electron chi connectivity index (χ3n) is 9.59. The summed E-state index contributed by atoms with van der Waals surface area (Å²) in [6, 6.07) is 11.4. The Hall–Kier alpha value is -5.00. The highest BCUT2D eigenvalue weighted by Crippen LogP contribution is 2.48. The molecule has 11 nitrogen and oxygen atoms in total. The highest BCUT2D eigenvalue weighted by molar-refractivity contribution is 6.00. The van der Waals surface area contributed by atoms with E-state index in [0.717, 1.165) is 43.2 Å². The first-order chi connectivity index (χ1) is 24.8. The maximum Gasteiger partial charge on any atom is 0.490 e. The number of rotatable bonds is 5. The molecule has 0 radical (unpaired) electrons. The van der Waals surface area contributed by atoms with E-state index in [9.17, 15) is 31.4 Å². The second-order valence-electron chi connectivity index (χ2n) is 13.7. The van der Waals surface area contributed by atoms with E-state index in [4.69, 9.17) is 29.5 Å². The van der Waals surface area contributed by atoms with Crippen LogP contribution in [0.3, 0.4) is 0 Å². The van der Waals surface area contributed by atoms with E-state index in [1.807, 2.05) is 24.3 Å². The van der Waals surface area contributed by atoms with Crippen molar-refractivity contribution >= 4 is 39.4 Å². The van der Waals surface area contributed by atoms with Crippen LogP contribution in [0.15, 0.2) is 42.6 Å². The molecule has 2 saturated heterocycles. The maximum absolute atomic E-state index is 16.5. The van der Waals surface area contributed by atoms with Crippen LogP contribution >= 0.6 is 0 Å². The Balaban J connectivity index is 0.000000330. The lowest BCUT2D eigenvalue weighted by atomic mass is 9.84. The lowest BCUT2D eigenvalue weighted by Crippen LogP contribution is -2.42. The SMILES string of the molecule is CN1CCC[C@H]1COc1nc(N2CC3CCC(C)(C3)C2)c2cnc(-c3cc(O)cc4ccccc34)c(F)c2n1.O=C(O)C(F)(F)F.O=C(O)C(F)(F)F. The quantitative estimate of drug-likeness (QED) is 0.180. The predicted molar refractivity (Wildman–Crippen MR) is 178 cm³/mol. The van der Waals surface area contributed by atoms with Crippen molar-refractivity contribution < 1.29 is 60.4 Å². The second kappa shape index (κ2) is 15.2. The number of fused-ring (bicyclic) bond motifs is 4. The summed E-state index contributed by atoms with van der Waals surface area (Å²) in [5, 5.41) is 26.9. The number of anilines is 1. The Labute approximate surface area is 298 Å². The second-order valence-corrected chi connectivity index (χ2v) is 13.7. The molecule has 0 amide bonds.